The Hall–Kier alpha value is -2.62. The first-order chi connectivity index (χ1) is 13.6. The average Bonchev–Trinajstić information content (AvgIpc) is 2.73. The van der Waals surface area contributed by atoms with Crippen molar-refractivity contribution >= 4 is 0 Å². The minimum absolute atomic E-state index is 0.262. The van der Waals surface area contributed by atoms with Crippen LogP contribution in [-0.4, -0.2) is 42.9 Å². The Kier molecular flexibility index (Phi) is 7.24. The van der Waals surface area contributed by atoms with Crippen molar-refractivity contribution in [3.63, 3.8) is 0 Å². The van der Waals surface area contributed by atoms with Crippen LogP contribution in [0.2, 0.25) is 0 Å². The van der Waals surface area contributed by atoms with Crippen molar-refractivity contribution in [1.29, 1.82) is 0 Å². The van der Waals surface area contributed by atoms with Gasteiger partial charge in [0.15, 0.2) is 0 Å². The molecule has 0 spiro atoms. The van der Waals surface area contributed by atoms with E-state index < -0.39 is 6.10 Å². The fourth-order valence-electron chi connectivity index (χ4n) is 3.40. The molecule has 3 nitrogen and oxygen atoms in total. The van der Waals surface area contributed by atoms with Crippen molar-refractivity contribution < 1.29 is 9.84 Å². The molecule has 146 valence electrons. The molecule has 0 aliphatic heterocycles. The number of aryl methyl sites for hydroxylation is 1. The Morgan fingerprint density at radius 2 is 1.32 bits per heavy atom. The summed E-state index contributed by atoms with van der Waals surface area (Å²) in [6.45, 7) is 3.72. The highest BCUT2D eigenvalue weighted by Crippen LogP contribution is 2.25. The van der Waals surface area contributed by atoms with Crippen LogP contribution < -0.4 is 4.74 Å². The number of aliphatic hydroxyl groups is 1. The molecular weight excluding hydrogens is 346 g/mol. The molecule has 3 rings (SSSR count). The molecule has 1 N–H and O–H groups in total. The van der Waals surface area contributed by atoms with E-state index in [-0.39, 0.29) is 12.5 Å². The van der Waals surface area contributed by atoms with Crippen molar-refractivity contribution in [3.8, 4) is 5.75 Å². The number of hydrogen-bond acceptors (Lipinski definition) is 3. The predicted octanol–water partition coefficient (Wildman–Crippen LogP) is 4.50. The normalized spacial score (nSPS) is 12.3. The first-order valence-corrected chi connectivity index (χ1v) is 9.78. The second-order valence-electron chi connectivity index (χ2n) is 7.37. The molecule has 0 radical (unpaired) electrons. The molecule has 3 aromatic carbocycles. The number of benzene rings is 3. The largest absolute Gasteiger partial charge is 0.491 e. The van der Waals surface area contributed by atoms with Gasteiger partial charge in [-0.3, -0.25) is 0 Å². The molecule has 3 heteroatoms. The van der Waals surface area contributed by atoms with Crippen molar-refractivity contribution in [2.24, 2.45) is 0 Å². The van der Waals surface area contributed by atoms with Crippen LogP contribution in [0.25, 0.3) is 0 Å². The number of hydrogen-bond donors (Lipinski definition) is 1. The third-order valence-electron chi connectivity index (χ3n) is 4.88. The van der Waals surface area contributed by atoms with Crippen molar-refractivity contribution in [3.05, 3.63) is 102 Å². The molecule has 0 heterocycles. The summed E-state index contributed by atoms with van der Waals surface area (Å²) < 4.78 is 5.72. The lowest BCUT2D eigenvalue weighted by Gasteiger charge is -2.26. The van der Waals surface area contributed by atoms with Gasteiger partial charge in [-0.2, -0.15) is 0 Å². The van der Waals surface area contributed by atoms with E-state index in [9.17, 15) is 5.11 Å². The molecular formula is C25H29NO2. The van der Waals surface area contributed by atoms with E-state index in [1.165, 1.54) is 16.7 Å². The maximum Gasteiger partial charge on any atom is 0.119 e. The average molecular weight is 376 g/mol. The van der Waals surface area contributed by atoms with Crippen molar-refractivity contribution in [2.75, 3.05) is 26.7 Å². The molecule has 0 saturated carbocycles. The van der Waals surface area contributed by atoms with Crippen LogP contribution in [0, 0.1) is 6.92 Å². The van der Waals surface area contributed by atoms with E-state index in [2.05, 4.69) is 53.4 Å². The minimum Gasteiger partial charge on any atom is -0.491 e. The monoisotopic (exact) mass is 375 g/mol. The van der Waals surface area contributed by atoms with E-state index in [0.717, 1.165) is 12.3 Å². The van der Waals surface area contributed by atoms with Gasteiger partial charge in [0.25, 0.3) is 0 Å². The lowest BCUT2D eigenvalue weighted by Crippen LogP contribution is -2.35. The van der Waals surface area contributed by atoms with Gasteiger partial charge in [0.05, 0.1) is 0 Å². The first kappa shape index (κ1) is 20.1. The molecule has 3 aromatic rings. The second-order valence-corrected chi connectivity index (χ2v) is 7.37. The first-order valence-electron chi connectivity index (χ1n) is 9.78. The molecule has 0 bridgehead atoms. The van der Waals surface area contributed by atoms with E-state index >= 15 is 0 Å². The third-order valence-corrected chi connectivity index (χ3v) is 4.88. The quantitative estimate of drug-likeness (QED) is 0.598. The van der Waals surface area contributed by atoms with Gasteiger partial charge >= 0.3 is 0 Å². The van der Waals surface area contributed by atoms with E-state index in [4.69, 9.17) is 4.74 Å². The lowest BCUT2D eigenvalue weighted by atomic mass is 9.91. The fraction of sp³-hybridized carbons (Fsp3) is 0.280. The number of likely N-dealkylation sites (N-methyl/N-ethyl adjacent to an activating group) is 1. The summed E-state index contributed by atoms with van der Waals surface area (Å²) >= 11 is 0. The zero-order valence-electron chi connectivity index (χ0n) is 16.7. The van der Waals surface area contributed by atoms with Crippen LogP contribution >= 0.6 is 0 Å². The summed E-state index contributed by atoms with van der Waals surface area (Å²) in [5.74, 6) is 1.05. The molecule has 28 heavy (non-hydrogen) atoms. The van der Waals surface area contributed by atoms with Gasteiger partial charge in [-0.25, -0.2) is 0 Å². The Bertz CT molecular complexity index is 779. The number of ether oxygens (including phenoxy) is 1. The van der Waals surface area contributed by atoms with Gasteiger partial charge in [-0.1, -0.05) is 78.4 Å². The summed E-state index contributed by atoms with van der Waals surface area (Å²) in [6, 6.07) is 29.0. The second kappa shape index (κ2) is 10.1. The third kappa shape index (κ3) is 5.95. The van der Waals surface area contributed by atoms with Crippen molar-refractivity contribution in [2.45, 2.75) is 18.9 Å². The molecule has 1 unspecified atom stereocenters. The molecule has 0 aromatic heterocycles. The minimum atomic E-state index is -0.543. The van der Waals surface area contributed by atoms with Gasteiger partial charge in [-0.15, -0.1) is 0 Å². The molecule has 0 fully saturated rings. The Balaban J connectivity index is 1.58. The Labute approximate surface area is 168 Å². The summed E-state index contributed by atoms with van der Waals surface area (Å²) in [6.07, 6.45) is -0.543. The number of nitrogens with zero attached hydrogens (tertiary/aromatic N) is 1. The SMILES string of the molecule is Cc1ccc(OCC(O)CN(C)CC(c2ccccc2)c2ccccc2)cc1. The summed E-state index contributed by atoms with van der Waals surface area (Å²) in [5, 5.41) is 10.4. The van der Waals surface area contributed by atoms with Crippen LogP contribution in [0.15, 0.2) is 84.9 Å². The zero-order valence-corrected chi connectivity index (χ0v) is 16.7. The van der Waals surface area contributed by atoms with Gasteiger partial charge < -0.3 is 14.7 Å². The molecule has 0 aliphatic carbocycles. The number of rotatable bonds is 9. The summed E-state index contributed by atoms with van der Waals surface area (Å²) in [4.78, 5) is 2.17. The highest BCUT2D eigenvalue weighted by atomic mass is 16.5. The standard InChI is InChI=1S/C25H29NO2/c1-20-13-15-24(16-14-20)28-19-23(27)17-26(2)18-25(21-9-5-3-6-10-21)22-11-7-4-8-12-22/h3-16,23,25,27H,17-19H2,1-2H3. The Morgan fingerprint density at radius 1 is 0.786 bits per heavy atom. The van der Waals surface area contributed by atoms with Gasteiger partial charge in [0.1, 0.15) is 18.5 Å². The smallest absolute Gasteiger partial charge is 0.119 e. The lowest BCUT2D eigenvalue weighted by molar-refractivity contribution is 0.0755. The molecule has 0 amide bonds. The topological polar surface area (TPSA) is 32.7 Å². The number of aliphatic hydroxyl groups excluding tert-OH is 1. The molecule has 1 atom stereocenters. The maximum atomic E-state index is 10.4. The van der Waals surface area contributed by atoms with E-state index in [1.54, 1.807) is 0 Å². The van der Waals surface area contributed by atoms with Crippen LogP contribution in [-0.2, 0) is 0 Å². The fourth-order valence-corrected chi connectivity index (χ4v) is 3.40. The van der Waals surface area contributed by atoms with E-state index in [0.29, 0.717) is 6.54 Å². The van der Waals surface area contributed by atoms with Crippen LogP contribution in [0.4, 0.5) is 0 Å². The summed E-state index contributed by atoms with van der Waals surface area (Å²) in [5.41, 5.74) is 3.76. The zero-order chi connectivity index (χ0) is 19.8. The van der Waals surface area contributed by atoms with Gasteiger partial charge in [-0.05, 0) is 37.2 Å². The molecule has 0 saturated heterocycles. The van der Waals surface area contributed by atoms with Gasteiger partial charge in [0, 0.05) is 19.0 Å². The molecule has 0 aliphatic rings. The highest BCUT2D eigenvalue weighted by molar-refractivity contribution is 5.32. The Morgan fingerprint density at radius 3 is 1.86 bits per heavy atom. The maximum absolute atomic E-state index is 10.4. The van der Waals surface area contributed by atoms with Crippen LogP contribution in [0.1, 0.15) is 22.6 Å². The van der Waals surface area contributed by atoms with Crippen LogP contribution in [0.3, 0.4) is 0 Å². The van der Waals surface area contributed by atoms with Crippen molar-refractivity contribution in [1.82, 2.24) is 4.90 Å². The van der Waals surface area contributed by atoms with Crippen LogP contribution in [0.5, 0.6) is 5.75 Å². The predicted molar refractivity (Wildman–Crippen MR) is 115 cm³/mol. The summed E-state index contributed by atoms with van der Waals surface area (Å²) in [7, 11) is 2.05. The van der Waals surface area contributed by atoms with Gasteiger partial charge in [0.2, 0.25) is 0 Å². The highest BCUT2D eigenvalue weighted by Gasteiger charge is 2.18. The van der Waals surface area contributed by atoms with E-state index in [1.807, 2.05) is 50.4 Å².